The minimum absolute atomic E-state index is 0.0721. The number of carbonyl (C=O) groups excluding carboxylic acids is 5. The minimum atomic E-state index is -3.96. The number of hydrogen-bond acceptors (Lipinski definition) is 11. The fourth-order valence-corrected chi connectivity index (χ4v) is 8.65. The Hall–Kier alpha value is -5.97. The summed E-state index contributed by atoms with van der Waals surface area (Å²) >= 11 is 0. The maximum absolute atomic E-state index is 14.8. The lowest BCUT2D eigenvalue weighted by Crippen LogP contribution is -2.60. The molecule has 6 rings (SSSR count). The quantitative estimate of drug-likeness (QED) is 0.140. The van der Waals surface area contributed by atoms with E-state index in [2.05, 4.69) is 28.5 Å². The van der Waals surface area contributed by atoms with Gasteiger partial charge in [-0.25, -0.2) is 18.2 Å². The number of carbonyl (C=O) groups is 5. The Morgan fingerprint density at radius 1 is 1.07 bits per heavy atom. The third kappa shape index (κ3) is 9.73. The van der Waals surface area contributed by atoms with Crippen molar-refractivity contribution in [2.24, 2.45) is 5.92 Å². The zero-order chi connectivity index (χ0) is 43.6. The summed E-state index contributed by atoms with van der Waals surface area (Å²) in [6.07, 6.45) is 1.67. The van der Waals surface area contributed by atoms with E-state index >= 15 is 0 Å². The number of hydrogen-bond donors (Lipinski definition) is 3. The van der Waals surface area contributed by atoms with Gasteiger partial charge in [-0.3, -0.25) is 23.9 Å². The molecule has 17 heteroatoms. The number of fused-ring (bicyclic) bond motifs is 1. The molecule has 2 saturated carbocycles. The van der Waals surface area contributed by atoms with Gasteiger partial charge in [0.2, 0.25) is 27.7 Å². The second kappa shape index (κ2) is 17.3. The molecule has 0 spiro atoms. The molecule has 320 valence electrons. The van der Waals surface area contributed by atoms with Crippen LogP contribution in [0.25, 0.3) is 22.2 Å². The lowest BCUT2D eigenvalue weighted by molar-refractivity contribution is -0.142. The first-order valence-electron chi connectivity index (χ1n) is 19.8. The van der Waals surface area contributed by atoms with Crippen LogP contribution in [0.1, 0.15) is 53.4 Å². The molecule has 16 nitrogen and oxygen atoms in total. The molecule has 3 N–H and O–H groups in total. The van der Waals surface area contributed by atoms with E-state index in [1.54, 1.807) is 59.1 Å². The Morgan fingerprint density at radius 2 is 1.78 bits per heavy atom. The lowest BCUT2D eigenvalue weighted by atomic mass is 10.1. The summed E-state index contributed by atoms with van der Waals surface area (Å²) < 4.78 is 45.4. The highest BCUT2D eigenvalue weighted by Crippen LogP contribution is 2.45. The molecular weight excluding hydrogens is 793 g/mol. The van der Waals surface area contributed by atoms with E-state index in [0.717, 1.165) is 11.6 Å². The van der Waals surface area contributed by atoms with Crippen molar-refractivity contribution in [1.29, 1.82) is 0 Å². The van der Waals surface area contributed by atoms with Crippen LogP contribution in [-0.4, -0.2) is 114 Å². The number of nitrogens with one attached hydrogen (secondary N) is 3. The SMILES string of the molecule is C=CC(=O)N(CC)CC(NC(=O)OC(C)(C)C)C(=O)N1C[C@H](Oc2cc(-c3ccccc3)nc3cc(OC)ccc23)C[C@H]1C(=O)N[C@]1(C(=O)NS(=O)(=O)C2CC2)C[C@H]1C=C. The van der Waals surface area contributed by atoms with Gasteiger partial charge in [-0.05, 0) is 65.2 Å². The van der Waals surface area contributed by atoms with E-state index in [9.17, 15) is 32.4 Å². The van der Waals surface area contributed by atoms with E-state index in [4.69, 9.17) is 19.2 Å². The average Bonchev–Trinajstić information content (AvgIpc) is 4.15. The molecule has 2 aromatic carbocycles. The molecule has 2 aliphatic carbocycles. The molecule has 1 unspecified atom stereocenters. The number of rotatable bonds is 16. The second-order valence-electron chi connectivity index (χ2n) is 16.2. The Bertz CT molecular complexity index is 2290. The average molecular weight is 845 g/mol. The first-order chi connectivity index (χ1) is 28.4. The van der Waals surface area contributed by atoms with Crippen LogP contribution in [0, 0.1) is 5.92 Å². The number of pyridine rings is 1. The number of likely N-dealkylation sites (tertiary alicyclic amines) is 1. The largest absolute Gasteiger partial charge is 0.497 e. The predicted molar refractivity (Wildman–Crippen MR) is 223 cm³/mol. The van der Waals surface area contributed by atoms with Crippen LogP contribution in [0.4, 0.5) is 4.79 Å². The van der Waals surface area contributed by atoms with E-state index in [0.29, 0.717) is 40.9 Å². The van der Waals surface area contributed by atoms with E-state index in [1.165, 1.54) is 15.9 Å². The number of nitrogens with zero attached hydrogens (tertiary/aromatic N) is 3. The van der Waals surface area contributed by atoms with Crippen LogP contribution in [0.2, 0.25) is 0 Å². The molecule has 1 aromatic heterocycles. The summed E-state index contributed by atoms with van der Waals surface area (Å²) in [4.78, 5) is 76.4. The number of alkyl carbamates (subject to hydrolysis) is 1. The van der Waals surface area contributed by atoms with Gasteiger partial charge in [0.1, 0.15) is 40.8 Å². The van der Waals surface area contributed by atoms with Crippen molar-refractivity contribution in [1.82, 2.24) is 30.1 Å². The standard InChI is InChI=1S/C43H52N6O10S/c1-8-27-23-43(27,40(53)47-60(55,56)30-17-18-30)46-38(51)35-21-29(24-49(35)39(52)34(25-48(10-3)37(50)9-2)45-41(54)59-42(4,5)6)58-36-22-32(26-14-12-11-13-15-26)44-33-20-28(57-7)16-19-31(33)36/h8-9,11-16,19-20,22,27,29-30,34-35H,1-2,10,17-18,21,23-25H2,3-7H3,(H,45,54)(H,46,51)(H,47,53)/t27-,29-,34?,35+,43-/m1/s1. The maximum Gasteiger partial charge on any atom is 0.408 e. The van der Waals surface area contributed by atoms with Crippen LogP contribution in [0.5, 0.6) is 11.5 Å². The van der Waals surface area contributed by atoms with Crippen LogP contribution < -0.4 is 24.8 Å². The normalized spacial score (nSPS) is 21.6. The van der Waals surface area contributed by atoms with Gasteiger partial charge >= 0.3 is 6.09 Å². The van der Waals surface area contributed by atoms with Gasteiger partial charge in [-0.15, -0.1) is 6.58 Å². The molecule has 5 atom stereocenters. The minimum Gasteiger partial charge on any atom is -0.497 e. The van der Waals surface area contributed by atoms with Crippen LogP contribution in [0.15, 0.2) is 79.9 Å². The van der Waals surface area contributed by atoms with Crippen molar-refractivity contribution >= 4 is 50.6 Å². The van der Waals surface area contributed by atoms with Crippen LogP contribution in [0.3, 0.4) is 0 Å². The highest BCUT2D eigenvalue weighted by atomic mass is 32.2. The van der Waals surface area contributed by atoms with Crippen molar-refractivity contribution in [3.8, 4) is 22.8 Å². The summed E-state index contributed by atoms with van der Waals surface area (Å²) in [5.74, 6) is -2.48. The molecule has 3 aromatic rings. The summed E-state index contributed by atoms with van der Waals surface area (Å²) in [7, 11) is -2.42. The van der Waals surface area contributed by atoms with Crippen molar-refractivity contribution < 1.29 is 46.6 Å². The van der Waals surface area contributed by atoms with Crippen LogP contribution in [-0.2, 0) is 33.9 Å². The molecular formula is C43H52N6O10S. The number of methoxy groups -OCH3 is 1. The van der Waals surface area contributed by atoms with Crippen molar-refractivity contribution in [2.45, 2.75) is 88.0 Å². The molecule has 1 saturated heterocycles. The molecule has 5 amide bonds. The van der Waals surface area contributed by atoms with Gasteiger partial charge in [-0.2, -0.15) is 0 Å². The van der Waals surface area contributed by atoms with Gasteiger partial charge in [0.25, 0.3) is 5.91 Å². The number of aromatic nitrogens is 1. The highest BCUT2D eigenvalue weighted by Gasteiger charge is 2.62. The third-order valence-electron chi connectivity index (χ3n) is 10.7. The summed E-state index contributed by atoms with van der Waals surface area (Å²) in [6.45, 7) is 13.7. The Kier molecular flexibility index (Phi) is 12.6. The first-order valence-corrected chi connectivity index (χ1v) is 21.4. The number of likely N-dealkylation sites (N-methyl/N-ethyl adjacent to an activating group) is 1. The molecule has 0 radical (unpaired) electrons. The molecule has 0 bridgehead atoms. The fourth-order valence-electron chi connectivity index (χ4n) is 7.29. The number of sulfonamides is 1. The number of benzene rings is 2. The summed E-state index contributed by atoms with van der Waals surface area (Å²) in [5.41, 5.74) is -0.595. The highest BCUT2D eigenvalue weighted by molar-refractivity contribution is 7.91. The maximum atomic E-state index is 14.8. The second-order valence-corrected chi connectivity index (χ2v) is 18.2. The van der Waals surface area contributed by atoms with Crippen molar-refractivity contribution in [2.75, 3.05) is 26.7 Å². The van der Waals surface area contributed by atoms with Gasteiger partial charge in [0.15, 0.2) is 0 Å². The molecule has 3 aliphatic rings. The van der Waals surface area contributed by atoms with Gasteiger partial charge in [0.05, 0.1) is 36.7 Å². The Balaban J connectivity index is 1.37. The summed E-state index contributed by atoms with van der Waals surface area (Å²) in [5, 5.41) is 5.32. The monoisotopic (exact) mass is 844 g/mol. The predicted octanol–water partition coefficient (Wildman–Crippen LogP) is 3.86. The first kappa shape index (κ1) is 43.6. The zero-order valence-corrected chi connectivity index (χ0v) is 35.3. The van der Waals surface area contributed by atoms with E-state index in [1.807, 2.05) is 30.3 Å². The van der Waals surface area contributed by atoms with E-state index < -0.39 is 80.2 Å². The molecule has 60 heavy (non-hydrogen) atoms. The zero-order valence-electron chi connectivity index (χ0n) is 34.4. The topological polar surface area (TPSA) is 203 Å². The third-order valence-corrected chi connectivity index (χ3v) is 12.5. The summed E-state index contributed by atoms with van der Waals surface area (Å²) in [6, 6.07) is 13.9. The fraction of sp³-hybridized carbons (Fsp3) is 0.442. The van der Waals surface area contributed by atoms with Gasteiger partial charge < -0.3 is 34.6 Å². The Morgan fingerprint density at radius 3 is 2.38 bits per heavy atom. The molecule has 3 fully saturated rings. The van der Waals surface area contributed by atoms with Gasteiger partial charge in [0, 0.05) is 42.0 Å². The number of amides is 5. The molecule has 1 aliphatic heterocycles. The number of ether oxygens (including phenoxy) is 3. The van der Waals surface area contributed by atoms with Crippen molar-refractivity contribution in [3.05, 3.63) is 79.9 Å². The van der Waals surface area contributed by atoms with Crippen LogP contribution >= 0.6 is 0 Å². The van der Waals surface area contributed by atoms with Crippen molar-refractivity contribution in [3.63, 3.8) is 0 Å². The van der Waals surface area contributed by atoms with E-state index in [-0.39, 0.29) is 32.5 Å². The lowest BCUT2D eigenvalue weighted by Gasteiger charge is -2.32. The van der Waals surface area contributed by atoms with Gasteiger partial charge in [-0.1, -0.05) is 43.0 Å². The Labute approximate surface area is 349 Å². The molecule has 2 heterocycles. The smallest absolute Gasteiger partial charge is 0.408 e.